The van der Waals surface area contributed by atoms with Crippen LogP contribution in [0.4, 0.5) is 0 Å². The number of carboxylic acids is 1. The molecule has 0 bridgehead atoms. The maximum Gasteiger partial charge on any atom is 0.310 e. The molecule has 2 rings (SSSR count). The maximum atomic E-state index is 11.1. The van der Waals surface area contributed by atoms with E-state index in [9.17, 15) is 4.79 Å². The Morgan fingerprint density at radius 1 is 1.25 bits per heavy atom. The Morgan fingerprint density at radius 3 is 2.45 bits per heavy atom. The second-order valence-electron chi connectivity index (χ2n) is 4.69. The highest BCUT2D eigenvalue weighted by atomic mass is 16.5. The Morgan fingerprint density at radius 2 is 1.90 bits per heavy atom. The number of benzene rings is 1. The van der Waals surface area contributed by atoms with Crippen molar-refractivity contribution in [3.05, 3.63) is 47.8 Å². The lowest BCUT2D eigenvalue weighted by Gasteiger charge is -2.14. The van der Waals surface area contributed by atoms with Crippen molar-refractivity contribution < 1.29 is 14.6 Å². The summed E-state index contributed by atoms with van der Waals surface area (Å²) in [5.74, 6) is -0.628. The molecule has 4 nitrogen and oxygen atoms in total. The first-order valence-electron chi connectivity index (χ1n) is 6.36. The van der Waals surface area contributed by atoms with E-state index in [1.54, 1.807) is 26.4 Å². The summed E-state index contributed by atoms with van der Waals surface area (Å²) in [5, 5.41) is 9.15. The minimum atomic E-state index is -0.846. The van der Waals surface area contributed by atoms with Crippen LogP contribution >= 0.6 is 0 Å². The highest BCUT2D eigenvalue weighted by Crippen LogP contribution is 2.29. The zero-order chi connectivity index (χ0) is 14.7. The third-order valence-corrected chi connectivity index (χ3v) is 3.49. The number of carbonyl (C=O) groups is 1. The fourth-order valence-electron chi connectivity index (χ4n) is 2.17. The molecule has 0 saturated heterocycles. The summed E-state index contributed by atoms with van der Waals surface area (Å²) in [7, 11) is 1.62. The Hall–Kier alpha value is -2.36. The third kappa shape index (κ3) is 2.64. The third-order valence-electron chi connectivity index (χ3n) is 3.49. The van der Waals surface area contributed by atoms with Crippen molar-refractivity contribution in [2.45, 2.75) is 19.8 Å². The van der Waals surface area contributed by atoms with Gasteiger partial charge in [0.25, 0.3) is 0 Å². The van der Waals surface area contributed by atoms with E-state index < -0.39 is 11.9 Å². The van der Waals surface area contributed by atoms with E-state index in [1.165, 1.54) is 0 Å². The summed E-state index contributed by atoms with van der Waals surface area (Å²) >= 11 is 0. The normalized spacial score (nSPS) is 11.9. The molecular formula is C16H17NO3. The molecule has 0 aliphatic heterocycles. The van der Waals surface area contributed by atoms with Gasteiger partial charge in [0, 0.05) is 18.0 Å². The molecule has 20 heavy (non-hydrogen) atoms. The first-order chi connectivity index (χ1) is 9.54. The average Bonchev–Trinajstić information content (AvgIpc) is 2.47. The van der Waals surface area contributed by atoms with Gasteiger partial charge >= 0.3 is 5.97 Å². The quantitative estimate of drug-likeness (QED) is 0.927. The van der Waals surface area contributed by atoms with Gasteiger partial charge in [-0.05, 0) is 42.7 Å². The summed E-state index contributed by atoms with van der Waals surface area (Å²) in [6, 6.07) is 7.64. The standard InChI is InChI=1S/C16H17NO3/c1-10-14(11(2)16(18)19)8-17-9-15(10)12-4-6-13(20-3)7-5-12/h4-9,11H,1-3H3,(H,18,19). The van der Waals surface area contributed by atoms with Gasteiger partial charge in [0.15, 0.2) is 0 Å². The summed E-state index contributed by atoms with van der Waals surface area (Å²) in [5.41, 5.74) is 3.62. The number of methoxy groups -OCH3 is 1. The van der Waals surface area contributed by atoms with Crippen LogP contribution in [0.25, 0.3) is 11.1 Å². The number of ether oxygens (including phenoxy) is 1. The molecule has 2 aromatic rings. The van der Waals surface area contributed by atoms with Crippen molar-refractivity contribution in [2.24, 2.45) is 0 Å². The number of aromatic nitrogens is 1. The van der Waals surface area contributed by atoms with Crippen LogP contribution in [0.5, 0.6) is 5.75 Å². The molecule has 0 amide bonds. The summed E-state index contributed by atoms with van der Waals surface area (Å²) < 4.78 is 5.14. The number of hydrogen-bond acceptors (Lipinski definition) is 3. The molecule has 1 unspecified atom stereocenters. The number of nitrogens with zero attached hydrogens (tertiary/aromatic N) is 1. The smallest absolute Gasteiger partial charge is 0.310 e. The van der Waals surface area contributed by atoms with Crippen LogP contribution in [-0.4, -0.2) is 23.2 Å². The van der Waals surface area contributed by atoms with Crippen molar-refractivity contribution in [3.8, 4) is 16.9 Å². The molecule has 0 radical (unpaired) electrons. The van der Waals surface area contributed by atoms with Gasteiger partial charge in [-0.1, -0.05) is 12.1 Å². The van der Waals surface area contributed by atoms with Crippen molar-refractivity contribution in [1.29, 1.82) is 0 Å². The first kappa shape index (κ1) is 14.1. The molecule has 1 heterocycles. The van der Waals surface area contributed by atoms with Gasteiger partial charge in [0.1, 0.15) is 5.75 Å². The van der Waals surface area contributed by atoms with Gasteiger partial charge in [-0.3, -0.25) is 9.78 Å². The summed E-state index contributed by atoms with van der Waals surface area (Å²) in [6.45, 7) is 3.60. The molecule has 0 aliphatic carbocycles. The molecule has 1 N–H and O–H groups in total. The van der Waals surface area contributed by atoms with E-state index >= 15 is 0 Å². The zero-order valence-electron chi connectivity index (χ0n) is 11.8. The summed E-state index contributed by atoms with van der Waals surface area (Å²) in [6.07, 6.45) is 3.39. The average molecular weight is 271 g/mol. The van der Waals surface area contributed by atoms with E-state index in [-0.39, 0.29) is 0 Å². The van der Waals surface area contributed by atoms with Crippen LogP contribution in [0.2, 0.25) is 0 Å². The lowest BCUT2D eigenvalue weighted by atomic mass is 9.93. The minimum Gasteiger partial charge on any atom is -0.497 e. The monoisotopic (exact) mass is 271 g/mol. The minimum absolute atomic E-state index is 0.569. The van der Waals surface area contributed by atoms with E-state index in [2.05, 4.69) is 4.98 Å². The van der Waals surface area contributed by atoms with Crippen molar-refractivity contribution in [2.75, 3.05) is 7.11 Å². The Labute approximate surface area is 118 Å². The van der Waals surface area contributed by atoms with E-state index in [1.807, 2.05) is 31.2 Å². The number of carboxylic acid groups (broad SMARTS) is 1. The van der Waals surface area contributed by atoms with Crippen LogP contribution in [0.1, 0.15) is 24.0 Å². The maximum absolute atomic E-state index is 11.1. The van der Waals surface area contributed by atoms with Crippen LogP contribution in [0, 0.1) is 6.92 Å². The van der Waals surface area contributed by atoms with Crippen LogP contribution in [-0.2, 0) is 4.79 Å². The van der Waals surface area contributed by atoms with Gasteiger partial charge < -0.3 is 9.84 Å². The summed E-state index contributed by atoms with van der Waals surface area (Å²) in [4.78, 5) is 15.3. The van der Waals surface area contributed by atoms with Crippen LogP contribution in [0.3, 0.4) is 0 Å². The molecule has 0 spiro atoms. The van der Waals surface area contributed by atoms with E-state index in [4.69, 9.17) is 9.84 Å². The Kier molecular flexibility index (Phi) is 4.03. The SMILES string of the molecule is COc1ccc(-c2cncc(C(C)C(=O)O)c2C)cc1. The molecular weight excluding hydrogens is 254 g/mol. The largest absolute Gasteiger partial charge is 0.497 e. The molecule has 104 valence electrons. The molecule has 0 aliphatic rings. The lowest BCUT2D eigenvalue weighted by Crippen LogP contribution is -2.10. The molecule has 1 aromatic carbocycles. The highest BCUT2D eigenvalue weighted by Gasteiger charge is 2.18. The first-order valence-corrected chi connectivity index (χ1v) is 6.36. The predicted octanol–water partition coefficient (Wildman–Crippen LogP) is 3.25. The number of pyridine rings is 1. The van der Waals surface area contributed by atoms with Gasteiger partial charge in [0.2, 0.25) is 0 Å². The molecule has 4 heteroatoms. The van der Waals surface area contributed by atoms with Gasteiger partial charge in [-0.2, -0.15) is 0 Å². The van der Waals surface area contributed by atoms with Crippen LogP contribution < -0.4 is 4.74 Å². The van der Waals surface area contributed by atoms with Gasteiger partial charge in [0.05, 0.1) is 13.0 Å². The van der Waals surface area contributed by atoms with E-state index in [0.29, 0.717) is 0 Å². The Balaban J connectivity index is 2.46. The number of hydrogen-bond donors (Lipinski definition) is 1. The number of rotatable bonds is 4. The topological polar surface area (TPSA) is 59.4 Å². The number of aliphatic carboxylic acids is 1. The van der Waals surface area contributed by atoms with Crippen molar-refractivity contribution in [1.82, 2.24) is 4.98 Å². The van der Waals surface area contributed by atoms with Crippen molar-refractivity contribution in [3.63, 3.8) is 0 Å². The van der Waals surface area contributed by atoms with Crippen molar-refractivity contribution >= 4 is 5.97 Å². The lowest BCUT2D eigenvalue weighted by molar-refractivity contribution is -0.138. The Bertz CT molecular complexity index is 620. The highest BCUT2D eigenvalue weighted by molar-refractivity contribution is 5.78. The van der Waals surface area contributed by atoms with E-state index in [0.717, 1.165) is 28.0 Å². The van der Waals surface area contributed by atoms with Gasteiger partial charge in [-0.25, -0.2) is 0 Å². The molecule has 0 saturated carbocycles. The predicted molar refractivity (Wildman–Crippen MR) is 77.0 cm³/mol. The fraction of sp³-hybridized carbons (Fsp3) is 0.250. The molecule has 1 aromatic heterocycles. The molecule has 1 atom stereocenters. The fourth-order valence-corrected chi connectivity index (χ4v) is 2.17. The second-order valence-corrected chi connectivity index (χ2v) is 4.69. The molecule has 0 fully saturated rings. The zero-order valence-corrected chi connectivity index (χ0v) is 11.8. The van der Waals surface area contributed by atoms with Gasteiger partial charge in [-0.15, -0.1) is 0 Å². The second kappa shape index (κ2) is 5.74. The van der Waals surface area contributed by atoms with Crippen LogP contribution in [0.15, 0.2) is 36.7 Å².